The maximum atomic E-state index is 12.5. The molecule has 0 aliphatic carbocycles. The van der Waals surface area contributed by atoms with Crippen molar-refractivity contribution in [1.82, 2.24) is 15.2 Å². The molecule has 4 heterocycles. The van der Waals surface area contributed by atoms with Gasteiger partial charge < -0.3 is 9.73 Å². The fourth-order valence-electron chi connectivity index (χ4n) is 3.48. The molecule has 1 N–H and O–H groups in total. The summed E-state index contributed by atoms with van der Waals surface area (Å²) in [5, 5.41) is 8.06. The van der Waals surface area contributed by atoms with Crippen LogP contribution in [-0.2, 0) is 11.2 Å². The number of likely N-dealkylation sites (tertiary alicyclic amines) is 1. The van der Waals surface area contributed by atoms with Gasteiger partial charge in [-0.1, -0.05) is 6.42 Å². The number of aromatic nitrogens is 1. The Morgan fingerprint density at radius 1 is 1.29 bits per heavy atom. The predicted octanol–water partition coefficient (Wildman–Crippen LogP) is 5.11. The molecule has 1 aliphatic heterocycles. The summed E-state index contributed by atoms with van der Waals surface area (Å²) in [6, 6.07) is 6.05. The van der Waals surface area contributed by atoms with Gasteiger partial charge in [0.2, 0.25) is 5.91 Å². The Morgan fingerprint density at radius 2 is 2.14 bits per heavy atom. The van der Waals surface area contributed by atoms with Crippen LogP contribution in [0.15, 0.2) is 44.1 Å². The van der Waals surface area contributed by atoms with Crippen LogP contribution in [0.25, 0.3) is 9.88 Å². The van der Waals surface area contributed by atoms with Crippen LogP contribution in [0.3, 0.4) is 0 Å². The van der Waals surface area contributed by atoms with Gasteiger partial charge in [0.25, 0.3) is 0 Å². The van der Waals surface area contributed by atoms with E-state index in [2.05, 4.69) is 37.2 Å². The molecule has 5 nitrogen and oxygen atoms in total. The maximum absolute atomic E-state index is 12.5. The number of nitrogens with one attached hydrogen (secondary N) is 1. The molecule has 1 unspecified atom stereocenters. The zero-order valence-electron chi connectivity index (χ0n) is 15.4. The summed E-state index contributed by atoms with van der Waals surface area (Å²) in [7, 11) is 0. The molecule has 1 fully saturated rings. The predicted molar refractivity (Wildman–Crippen MR) is 117 cm³/mol. The molecule has 8 heteroatoms. The third-order valence-corrected chi connectivity index (χ3v) is 7.62. The van der Waals surface area contributed by atoms with Crippen molar-refractivity contribution in [3.05, 3.63) is 51.1 Å². The Balaban J connectivity index is 1.35. The molecule has 0 saturated carbocycles. The lowest BCUT2D eigenvalue weighted by Crippen LogP contribution is -2.40. The highest BCUT2D eigenvalue weighted by Crippen LogP contribution is 2.32. The topological polar surface area (TPSA) is 58.4 Å². The molecule has 0 bridgehead atoms. The van der Waals surface area contributed by atoms with Gasteiger partial charge in [-0.3, -0.25) is 9.69 Å². The van der Waals surface area contributed by atoms with E-state index in [4.69, 9.17) is 4.42 Å². The molecule has 0 aromatic carbocycles. The Morgan fingerprint density at radius 3 is 2.86 bits per heavy atom. The van der Waals surface area contributed by atoms with E-state index in [9.17, 15) is 4.79 Å². The molecule has 3 aromatic rings. The number of nitrogens with zero attached hydrogens (tertiary/aromatic N) is 2. The van der Waals surface area contributed by atoms with Gasteiger partial charge in [-0.25, -0.2) is 4.98 Å². The van der Waals surface area contributed by atoms with E-state index in [-0.39, 0.29) is 11.9 Å². The molecular formula is C20H22BrN3O2S2. The number of carbonyl (C=O) groups is 1. The summed E-state index contributed by atoms with van der Waals surface area (Å²) in [4.78, 5) is 20.7. The Hall–Kier alpha value is -1.48. The van der Waals surface area contributed by atoms with Crippen LogP contribution in [0, 0.1) is 0 Å². The van der Waals surface area contributed by atoms with Gasteiger partial charge in [-0.15, -0.1) is 22.7 Å². The summed E-state index contributed by atoms with van der Waals surface area (Å²) >= 11 is 6.70. The number of rotatable bonds is 7. The summed E-state index contributed by atoms with van der Waals surface area (Å²) in [6.07, 6.45) is 5.68. The highest BCUT2D eigenvalue weighted by molar-refractivity contribution is 9.10. The fourth-order valence-corrected chi connectivity index (χ4v) is 5.81. The van der Waals surface area contributed by atoms with E-state index in [1.165, 1.54) is 19.3 Å². The monoisotopic (exact) mass is 479 g/mol. The third kappa shape index (κ3) is 4.92. The maximum Gasteiger partial charge on any atom is 0.226 e. The number of amides is 1. The van der Waals surface area contributed by atoms with E-state index in [0.717, 1.165) is 38.9 Å². The van der Waals surface area contributed by atoms with Gasteiger partial charge >= 0.3 is 0 Å². The highest BCUT2D eigenvalue weighted by Gasteiger charge is 2.25. The summed E-state index contributed by atoms with van der Waals surface area (Å²) < 4.78 is 6.71. The van der Waals surface area contributed by atoms with E-state index in [1.54, 1.807) is 28.9 Å². The Labute approximate surface area is 180 Å². The minimum Gasteiger partial charge on any atom is -0.468 e. The average Bonchev–Trinajstić information content (AvgIpc) is 3.45. The first-order valence-electron chi connectivity index (χ1n) is 9.42. The van der Waals surface area contributed by atoms with E-state index < -0.39 is 0 Å². The van der Waals surface area contributed by atoms with Gasteiger partial charge in [0, 0.05) is 21.8 Å². The lowest BCUT2D eigenvalue weighted by molar-refractivity contribution is -0.120. The second-order valence-electron chi connectivity index (χ2n) is 6.88. The van der Waals surface area contributed by atoms with Crippen LogP contribution < -0.4 is 5.32 Å². The average molecular weight is 480 g/mol. The number of piperidine rings is 1. The SMILES string of the molecule is O=C(Cc1csc(-c2cc(Br)cs2)n1)NCC(c1ccco1)N1CCCCC1. The van der Waals surface area contributed by atoms with Gasteiger partial charge in [0.15, 0.2) is 0 Å². The Bertz CT molecular complexity index is 900. The van der Waals surface area contributed by atoms with Crippen LogP contribution in [0.4, 0.5) is 0 Å². The van der Waals surface area contributed by atoms with Crippen LogP contribution in [-0.4, -0.2) is 35.4 Å². The van der Waals surface area contributed by atoms with Gasteiger partial charge in [0.1, 0.15) is 10.8 Å². The summed E-state index contributed by atoms with van der Waals surface area (Å²) in [5.41, 5.74) is 0.814. The standard InChI is InChI=1S/C20H22BrN3O2S2/c21-14-9-18(27-12-14)20-23-15(13-28-20)10-19(25)22-11-16(17-5-4-8-26-17)24-6-2-1-3-7-24/h4-5,8-9,12-13,16H,1-3,6-7,10-11H2,(H,22,25). The summed E-state index contributed by atoms with van der Waals surface area (Å²) in [5.74, 6) is 0.916. The van der Waals surface area contributed by atoms with Crippen molar-refractivity contribution >= 4 is 44.5 Å². The van der Waals surface area contributed by atoms with Crippen LogP contribution in [0.2, 0.25) is 0 Å². The van der Waals surface area contributed by atoms with Crippen LogP contribution >= 0.6 is 38.6 Å². The molecular weight excluding hydrogens is 458 g/mol. The number of hydrogen-bond acceptors (Lipinski definition) is 6. The van der Waals surface area contributed by atoms with Crippen molar-refractivity contribution in [1.29, 1.82) is 0 Å². The van der Waals surface area contributed by atoms with Crippen molar-refractivity contribution in [2.45, 2.75) is 31.7 Å². The molecule has 3 aromatic heterocycles. The lowest BCUT2D eigenvalue weighted by atomic mass is 10.1. The molecule has 1 atom stereocenters. The molecule has 28 heavy (non-hydrogen) atoms. The fraction of sp³-hybridized carbons (Fsp3) is 0.400. The lowest BCUT2D eigenvalue weighted by Gasteiger charge is -2.33. The van der Waals surface area contributed by atoms with Gasteiger partial charge in [-0.2, -0.15) is 0 Å². The third-order valence-electron chi connectivity index (χ3n) is 4.87. The minimum atomic E-state index is -0.00206. The van der Waals surface area contributed by atoms with Crippen LogP contribution in [0.5, 0.6) is 0 Å². The first-order valence-corrected chi connectivity index (χ1v) is 12.0. The molecule has 1 aliphatic rings. The smallest absolute Gasteiger partial charge is 0.226 e. The molecule has 148 valence electrons. The van der Waals surface area contributed by atoms with Gasteiger partial charge in [-0.05, 0) is 60.1 Å². The van der Waals surface area contributed by atoms with E-state index in [0.29, 0.717) is 13.0 Å². The van der Waals surface area contributed by atoms with Crippen molar-refractivity contribution in [3.63, 3.8) is 0 Å². The summed E-state index contributed by atoms with van der Waals surface area (Å²) in [6.45, 7) is 2.65. The van der Waals surface area contributed by atoms with E-state index >= 15 is 0 Å². The van der Waals surface area contributed by atoms with Crippen molar-refractivity contribution in [3.8, 4) is 9.88 Å². The first-order chi connectivity index (χ1) is 13.7. The van der Waals surface area contributed by atoms with Crippen molar-refractivity contribution < 1.29 is 9.21 Å². The molecule has 0 radical (unpaired) electrons. The second kappa shape index (κ2) is 9.35. The normalized spacial score (nSPS) is 16.2. The first kappa shape index (κ1) is 19.8. The zero-order chi connectivity index (χ0) is 19.3. The molecule has 4 rings (SSSR count). The largest absolute Gasteiger partial charge is 0.468 e. The number of carbonyl (C=O) groups excluding carboxylic acids is 1. The number of halogens is 1. The second-order valence-corrected chi connectivity index (χ2v) is 9.57. The van der Waals surface area contributed by atoms with Crippen molar-refractivity contribution in [2.75, 3.05) is 19.6 Å². The van der Waals surface area contributed by atoms with E-state index in [1.807, 2.05) is 22.9 Å². The molecule has 1 saturated heterocycles. The van der Waals surface area contributed by atoms with Crippen LogP contribution in [0.1, 0.15) is 36.8 Å². The zero-order valence-corrected chi connectivity index (χ0v) is 18.6. The number of thiophene rings is 1. The number of thiazole rings is 1. The number of hydrogen-bond donors (Lipinski definition) is 1. The molecule has 0 spiro atoms. The quantitative estimate of drug-likeness (QED) is 0.511. The van der Waals surface area contributed by atoms with Crippen molar-refractivity contribution in [2.24, 2.45) is 0 Å². The Kier molecular flexibility index (Phi) is 6.61. The number of furan rings is 1. The highest BCUT2D eigenvalue weighted by atomic mass is 79.9. The molecule has 1 amide bonds. The minimum absolute atomic E-state index is 0.00206. The van der Waals surface area contributed by atoms with Gasteiger partial charge in [0.05, 0.1) is 29.3 Å².